The summed E-state index contributed by atoms with van der Waals surface area (Å²) in [5, 5.41) is 24.3. The highest BCUT2D eigenvalue weighted by molar-refractivity contribution is 6.62. The van der Waals surface area contributed by atoms with Gasteiger partial charge in [-0.1, -0.05) is 55.0 Å². The van der Waals surface area contributed by atoms with E-state index in [0.717, 1.165) is 34.8 Å². The van der Waals surface area contributed by atoms with Gasteiger partial charge in [0.15, 0.2) is 5.82 Å². The fourth-order valence-corrected chi connectivity index (χ4v) is 3.90. The quantitative estimate of drug-likeness (QED) is 0.400. The predicted molar refractivity (Wildman–Crippen MR) is 154 cm³/mol. The molecule has 0 spiro atoms. The number of rotatable bonds is 6. The van der Waals surface area contributed by atoms with E-state index in [1.54, 1.807) is 13.8 Å². The molecular weight excluding hydrogens is 520 g/mol. The van der Waals surface area contributed by atoms with E-state index in [-0.39, 0.29) is 36.4 Å². The summed E-state index contributed by atoms with van der Waals surface area (Å²) in [4.78, 5) is 24.2. The number of halogens is 2. The number of hydrogen-bond donors (Lipinski definition) is 4. The highest BCUT2D eigenvalue weighted by Gasteiger charge is 2.35. The molecule has 0 saturated heterocycles. The van der Waals surface area contributed by atoms with E-state index < -0.39 is 42.9 Å². The van der Waals surface area contributed by atoms with Gasteiger partial charge in [-0.15, -0.1) is 0 Å². The summed E-state index contributed by atoms with van der Waals surface area (Å²) in [6, 6.07) is 4.63. The molecule has 8 nitrogen and oxygen atoms in total. The van der Waals surface area contributed by atoms with Crippen molar-refractivity contribution in [1.29, 1.82) is 0 Å². The summed E-state index contributed by atoms with van der Waals surface area (Å²) < 4.78 is 38.2. The third kappa shape index (κ3) is 6.74. The third-order valence-electron chi connectivity index (χ3n) is 7.78. The molecule has 0 saturated carbocycles. The van der Waals surface area contributed by atoms with Gasteiger partial charge in [-0.3, -0.25) is 9.59 Å². The highest BCUT2D eigenvalue weighted by atomic mass is 19.1. The Morgan fingerprint density at radius 1 is 0.900 bits per heavy atom. The molecule has 4 rings (SSSR count). The maximum atomic E-state index is 14.2. The first-order valence-electron chi connectivity index (χ1n) is 13.0. The lowest BCUT2D eigenvalue weighted by Crippen LogP contribution is -2.32. The Bertz CT molecular complexity index is 1270. The zero-order valence-electron chi connectivity index (χ0n) is 23.5. The molecule has 0 unspecified atom stereocenters. The van der Waals surface area contributed by atoms with E-state index >= 15 is 0 Å². The molecule has 2 aromatic carbocycles. The second kappa shape index (κ2) is 12.8. The Morgan fingerprint density at radius 3 is 1.95 bits per heavy atom. The maximum Gasteiger partial charge on any atom is 0.491 e. The second-order valence-corrected chi connectivity index (χ2v) is 11.1. The second-order valence-electron chi connectivity index (χ2n) is 11.1. The van der Waals surface area contributed by atoms with Crippen LogP contribution in [0.1, 0.15) is 78.5 Å². The highest BCUT2D eigenvalue weighted by Crippen LogP contribution is 2.29. The average molecular weight is 560 g/mol. The van der Waals surface area contributed by atoms with Crippen LogP contribution in [0, 0.1) is 29.4 Å². The molecule has 40 heavy (non-hydrogen) atoms. The van der Waals surface area contributed by atoms with E-state index in [4.69, 9.17) is 9.31 Å². The van der Waals surface area contributed by atoms with Crippen LogP contribution in [-0.4, -0.2) is 36.1 Å². The monoisotopic (exact) mass is 560 g/mol. The number of nitrogens with one attached hydrogen (secondary N) is 2. The Balaban J connectivity index is 0.000000274. The van der Waals surface area contributed by atoms with Crippen LogP contribution in [-0.2, 0) is 32.1 Å². The Hall–Kier alpha value is -2.79. The largest absolute Gasteiger partial charge is 0.491 e. The molecule has 2 amide bonds. The zero-order chi connectivity index (χ0) is 29.3. The molecule has 2 heterocycles. The van der Waals surface area contributed by atoms with Crippen molar-refractivity contribution in [3.63, 3.8) is 0 Å². The first-order valence-corrected chi connectivity index (χ1v) is 13.0. The number of hydrogen-bond acceptors (Lipinski definition) is 6. The molecule has 0 aromatic heterocycles. The van der Waals surface area contributed by atoms with Crippen LogP contribution >= 0.6 is 0 Å². The van der Waals surface area contributed by atoms with Crippen LogP contribution in [0.25, 0.3) is 0 Å². The van der Waals surface area contributed by atoms with Gasteiger partial charge in [-0.05, 0) is 54.0 Å². The van der Waals surface area contributed by atoms with Gasteiger partial charge in [0, 0.05) is 22.1 Å². The van der Waals surface area contributed by atoms with Crippen LogP contribution < -0.4 is 21.6 Å². The van der Waals surface area contributed by atoms with Crippen molar-refractivity contribution in [2.24, 2.45) is 10.8 Å². The van der Waals surface area contributed by atoms with Gasteiger partial charge in [-0.25, -0.2) is 8.78 Å². The molecule has 0 aliphatic carbocycles. The molecule has 2 aliphatic heterocycles. The maximum absolute atomic E-state index is 14.2. The average Bonchev–Trinajstić information content (AvgIpc) is 3.46. The molecule has 4 N–H and O–H groups in total. The van der Waals surface area contributed by atoms with Gasteiger partial charge in [-0.2, -0.15) is 0 Å². The molecule has 12 heteroatoms. The first kappa shape index (κ1) is 33.4. The first-order chi connectivity index (χ1) is 18.1. The third-order valence-corrected chi connectivity index (χ3v) is 7.78. The fourth-order valence-electron chi connectivity index (χ4n) is 3.90. The molecular formula is C28H40B2F2N2O6. The van der Waals surface area contributed by atoms with E-state index in [9.17, 15) is 28.4 Å². The molecule has 0 radical (unpaired) electrons. The number of carbonyl (C=O) groups is 2. The number of carbonyl (C=O) groups excluding carboxylic acids is 2. The molecule has 218 valence electrons. The van der Waals surface area contributed by atoms with E-state index in [1.807, 2.05) is 46.8 Å². The normalized spacial score (nSPS) is 14.1. The minimum Gasteiger partial charge on any atom is -0.423 e. The van der Waals surface area contributed by atoms with E-state index in [0.29, 0.717) is 13.0 Å². The van der Waals surface area contributed by atoms with Crippen molar-refractivity contribution in [3.05, 3.63) is 46.5 Å². The van der Waals surface area contributed by atoms with Crippen LogP contribution in [0.4, 0.5) is 20.2 Å². The minimum atomic E-state index is -1.33. The van der Waals surface area contributed by atoms with Gasteiger partial charge in [0.25, 0.3) is 0 Å². The number of fused-ring (bicyclic) bond motifs is 2. The summed E-state index contributed by atoms with van der Waals surface area (Å²) in [6.07, 6.45) is 1.32. The fraction of sp³-hybridized carbons (Fsp3) is 0.500. The van der Waals surface area contributed by atoms with Gasteiger partial charge in [0.05, 0.1) is 13.2 Å². The lowest BCUT2D eigenvalue weighted by molar-refractivity contribution is -0.124. The SMILES string of the molecule is C.CCC(C)(C)C(=O)Nc1c(F)cc2c(c1F)COB2O.CCC(C)(C)C(=O)Nc1ccc2c(c1C)COB2O. The molecule has 2 aromatic rings. The van der Waals surface area contributed by atoms with Crippen molar-refractivity contribution in [2.75, 3.05) is 10.6 Å². The van der Waals surface area contributed by atoms with Crippen molar-refractivity contribution >= 4 is 48.4 Å². The minimum absolute atomic E-state index is 0. The zero-order valence-corrected chi connectivity index (χ0v) is 23.5. The number of amides is 2. The Kier molecular flexibility index (Phi) is 10.7. The van der Waals surface area contributed by atoms with E-state index in [1.165, 1.54) is 0 Å². The van der Waals surface area contributed by atoms with Crippen molar-refractivity contribution < 1.29 is 37.7 Å². The van der Waals surface area contributed by atoms with Gasteiger partial charge < -0.3 is 30.0 Å². The van der Waals surface area contributed by atoms with Crippen molar-refractivity contribution in [3.8, 4) is 0 Å². The van der Waals surface area contributed by atoms with Gasteiger partial charge in [0.2, 0.25) is 11.8 Å². The van der Waals surface area contributed by atoms with Crippen molar-refractivity contribution in [2.45, 2.75) is 81.9 Å². The van der Waals surface area contributed by atoms with Crippen LogP contribution in [0.3, 0.4) is 0 Å². The standard InChI is InChI=1S/C14H20BNO3.C13H16BF2NO3.CH4/c1-5-14(3,4)13(17)16-12-7-6-11-10(9(12)2)8-19-15(11)18;1-4-13(2,3)12(18)17-11-9(15)5-8-7(10(11)16)6-20-14(8)19;/h6-7,18H,5,8H2,1-4H3,(H,16,17);5,19H,4,6H2,1-3H3,(H,17,18);1H4. The van der Waals surface area contributed by atoms with Crippen LogP contribution in [0.2, 0.25) is 0 Å². The summed E-state index contributed by atoms with van der Waals surface area (Å²) in [6.45, 7) is 13.2. The summed E-state index contributed by atoms with van der Waals surface area (Å²) in [5.74, 6) is -2.27. The lowest BCUT2D eigenvalue weighted by atomic mass is 9.78. The molecule has 0 atom stereocenters. The van der Waals surface area contributed by atoms with Gasteiger partial charge in [0.1, 0.15) is 11.5 Å². The molecule has 0 bridgehead atoms. The lowest BCUT2D eigenvalue weighted by Gasteiger charge is -2.22. The smallest absolute Gasteiger partial charge is 0.423 e. The van der Waals surface area contributed by atoms with Crippen LogP contribution in [0.5, 0.6) is 0 Å². The van der Waals surface area contributed by atoms with Gasteiger partial charge >= 0.3 is 14.2 Å². The Labute approximate surface area is 236 Å². The summed E-state index contributed by atoms with van der Waals surface area (Å²) in [7, 11) is -2.17. The predicted octanol–water partition coefficient (Wildman–Crippen LogP) is 3.78. The number of benzene rings is 2. The van der Waals surface area contributed by atoms with Crippen LogP contribution in [0.15, 0.2) is 18.2 Å². The van der Waals surface area contributed by atoms with E-state index in [2.05, 4.69) is 10.6 Å². The number of anilines is 2. The Morgan fingerprint density at radius 2 is 1.40 bits per heavy atom. The summed E-state index contributed by atoms with van der Waals surface area (Å²) in [5.41, 5.74) is 2.06. The molecule has 0 fully saturated rings. The van der Waals surface area contributed by atoms with Crippen molar-refractivity contribution in [1.82, 2.24) is 0 Å². The summed E-state index contributed by atoms with van der Waals surface area (Å²) >= 11 is 0. The topological polar surface area (TPSA) is 117 Å². The molecule has 2 aliphatic rings.